The van der Waals surface area contributed by atoms with Crippen molar-refractivity contribution in [1.82, 2.24) is 15.1 Å². The second-order valence-electron chi connectivity index (χ2n) is 6.46. The number of aliphatic hydroxyl groups is 1. The van der Waals surface area contributed by atoms with Crippen LogP contribution in [-0.2, 0) is 11.3 Å². The second kappa shape index (κ2) is 8.07. The maximum absolute atomic E-state index is 12.8. The van der Waals surface area contributed by atoms with E-state index in [0.29, 0.717) is 12.3 Å². The number of hydrogen-bond donors (Lipinski definition) is 2. The summed E-state index contributed by atoms with van der Waals surface area (Å²) in [6.07, 6.45) is 8.27. The fraction of sp³-hybridized carbons (Fsp3) is 0.368. The maximum atomic E-state index is 12.8. The van der Waals surface area contributed by atoms with Crippen molar-refractivity contribution in [3.8, 4) is 0 Å². The van der Waals surface area contributed by atoms with Gasteiger partial charge in [0.05, 0.1) is 12.1 Å². The zero-order valence-electron chi connectivity index (χ0n) is 13.9. The SMILES string of the molecule is O=C(C/C=C/c1ccc(F)cc1)N[C@@H]1CC(Cn2cccn2)C[C@H]1O. The van der Waals surface area contributed by atoms with Gasteiger partial charge in [-0.15, -0.1) is 0 Å². The number of nitrogens with one attached hydrogen (secondary N) is 1. The topological polar surface area (TPSA) is 67.2 Å². The molecule has 1 aliphatic carbocycles. The quantitative estimate of drug-likeness (QED) is 0.846. The summed E-state index contributed by atoms with van der Waals surface area (Å²) in [7, 11) is 0. The Bertz CT molecular complexity index is 713. The summed E-state index contributed by atoms with van der Waals surface area (Å²) in [6, 6.07) is 7.74. The van der Waals surface area contributed by atoms with Crippen LogP contribution in [0, 0.1) is 11.7 Å². The molecule has 3 rings (SSSR count). The second-order valence-corrected chi connectivity index (χ2v) is 6.46. The van der Waals surface area contributed by atoms with Crippen molar-refractivity contribution in [3.05, 3.63) is 60.2 Å². The first kappa shape index (κ1) is 17.4. The molecule has 6 heteroatoms. The van der Waals surface area contributed by atoms with E-state index in [1.807, 2.05) is 16.9 Å². The first-order chi connectivity index (χ1) is 12.1. The minimum atomic E-state index is -0.523. The highest BCUT2D eigenvalue weighted by atomic mass is 19.1. The van der Waals surface area contributed by atoms with E-state index in [0.717, 1.165) is 18.5 Å². The number of carbonyl (C=O) groups is 1. The summed E-state index contributed by atoms with van der Waals surface area (Å²) < 4.78 is 14.7. The van der Waals surface area contributed by atoms with Crippen LogP contribution in [0.25, 0.3) is 6.08 Å². The van der Waals surface area contributed by atoms with Crippen molar-refractivity contribution >= 4 is 12.0 Å². The summed E-state index contributed by atoms with van der Waals surface area (Å²) in [6.45, 7) is 0.751. The van der Waals surface area contributed by atoms with E-state index in [-0.39, 0.29) is 24.2 Å². The molecule has 2 N–H and O–H groups in total. The smallest absolute Gasteiger partial charge is 0.224 e. The van der Waals surface area contributed by atoms with Gasteiger partial charge in [-0.3, -0.25) is 9.48 Å². The van der Waals surface area contributed by atoms with Gasteiger partial charge in [-0.05, 0) is 42.5 Å². The fourth-order valence-electron chi connectivity index (χ4n) is 3.24. The van der Waals surface area contributed by atoms with E-state index < -0.39 is 6.10 Å². The zero-order valence-corrected chi connectivity index (χ0v) is 13.9. The van der Waals surface area contributed by atoms with Crippen molar-refractivity contribution in [2.24, 2.45) is 5.92 Å². The van der Waals surface area contributed by atoms with E-state index in [4.69, 9.17) is 0 Å². The van der Waals surface area contributed by atoms with Gasteiger partial charge in [0.1, 0.15) is 5.82 Å². The van der Waals surface area contributed by atoms with Gasteiger partial charge in [0.2, 0.25) is 5.91 Å². The number of rotatable bonds is 6. The van der Waals surface area contributed by atoms with Gasteiger partial charge in [-0.1, -0.05) is 24.3 Å². The van der Waals surface area contributed by atoms with Gasteiger partial charge in [0.15, 0.2) is 0 Å². The van der Waals surface area contributed by atoms with Gasteiger partial charge in [-0.2, -0.15) is 5.10 Å². The molecule has 0 spiro atoms. The fourth-order valence-corrected chi connectivity index (χ4v) is 3.24. The molecule has 3 atom stereocenters. The van der Waals surface area contributed by atoms with E-state index in [2.05, 4.69) is 10.4 Å². The van der Waals surface area contributed by atoms with Crippen molar-refractivity contribution in [2.75, 3.05) is 0 Å². The summed E-state index contributed by atoms with van der Waals surface area (Å²) in [5, 5.41) is 17.3. The first-order valence-electron chi connectivity index (χ1n) is 8.47. The third-order valence-corrected chi connectivity index (χ3v) is 4.46. The average Bonchev–Trinajstić information content (AvgIpc) is 3.20. The highest BCUT2D eigenvalue weighted by Crippen LogP contribution is 2.27. The monoisotopic (exact) mass is 343 g/mol. The molecule has 25 heavy (non-hydrogen) atoms. The number of halogens is 1. The Hall–Kier alpha value is -2.47. The Morgan fingerprint density at radius 2 is 2.16 bits per heavy atom. The molecular formula is C19H22FN3O2. The molecule has 1 aliphatic rings. The lowest BCUT2D eigenvalue weighted by atomic mass is 10.1. The van der Waals surface area contributed by atoms with Crippen LogP contribution in [0.3, 0.4) is 0 Å². The molecule has 5 nitrogen and oxygen atoms in total. The number of benzene rings is 1. The van der Waals surface area contributed by atoms with Crippen molar-refractivity contribution in [1.29, 1.82) is 0 Å². The number of amides is 1. The molecule has 0 saturated heterocycles. The van der Waals surface area contributed by atoms with Crippen molar-refractivity contribution in [2.45, 2.75) is 38.0 Å². The molecule has 1 heterocycles. The van der Waals surface area contributed by atoms with Gasteiger partial charge in [0.25, 0.3) is 0 Å². The first-order valence-corrected chi connectivity index (χ1v) is 8.47. The van der Waals surface area contributed by atoms with Crippen LogP contribution < -0.4 is 5.32 Å². The molecule has 1 saturated carbocycles. The van der Waals surface area contributed by atoms with E-state index in [9.17, 15) is 14.3 Å². The van der Waals surface area contributed by atoms with Crippen LogP contribution in [0.5, 0.6) is 0 Å². The lowest BCUT2D eigenvalue weighted by molar-refractivity contribution is -0.121. The zero-order chi connectivity index (χ0) is 17.6. The molecule has 1 fully saturated rings. The third-order valence-electron chi connectivity index (χ3n) is 4.46. The third kappa shape index (κ3) is 5.00. The van der Waals surface area contributed by atoms with E-state index in [1.54, 1.807) is 30.5 Å². The Morgan fingerprint density at radius 1 is 1.36 bits per heavy atom. The number of carbonyl (C=O) groups excluding carboxylic acids is 1. The molecular weight excluding hydrogens is 321 g/mol. The summed E-state index contributed by atoms with van der Waals surface area (Å²) >= 11 is 0. The molecule has 132 valence electrons. The summed E-state index contributed by atoms with van der Waals surface area (Å²) in [4.78, 5) is 12.1. The van der Waals surface area contributed by atoms with Crippen LogP contribution in [-0.4, -0.2) is 32.9 Å². The van der Waals surface area contributed by atoms with Crippen LogP contribution in [0.2, 0.25) is 0 Å². The molecule has 0 radical (unpaired) electrons. The van der Waals surface area contributed by atoms with Gasteiger partial charge >= 0.3 is 0 Å². The number of nitrogens with zero attached hydrogens (tertiary/aromatic N) is 2. The predicted octanol–water partition coefficient (Wildman–Crippen LogP) is 2.38. The predicted molar refractivity (Wildman–Crippen MR) is 92.9 cm³/mol. The van der Waals surface area contributed by atoms with E-state index >= 15 is 0 Å². The standard InChI is InChI=1S/C19H22FN3O2/c20-16-7-5-14(6-8-16)3-1-4-19(25)22-17-11-15(12-18(17)24)13-23-10-2-9-21-23/h1-3,5-10,15,17-18,24H,4,11-13H2,(H,22,25)/b3-1+/t15?,17-,18-/m1/s1. The van der Waals surface area contributed by atoms with Gasteiger partial charge in [-0.25, -0.2) is 4.39 Å². The highest BCUT2D eigenvalue weighted by Gasteiger charge is 2.33. The number of hydrogen-bond acceptors (Lipinski definition) is 3. The molecule has 1 aromatic carbocycles. The number of aliphatic hydroxyl groups excluding tert-OH is 1. The normalized spacial score (nSPS) is 23.2. The van der Waals surface area contributed by atoms with E-state index in [1.165, 1.54) is 12.1 Å². The van der Waals surface area contributed by atoms with Crippen molar-refractivity contribution in [3.63, 3.8) is 0 Å². The highest BCUT2D eigenvalue weighted by molar-refractivity contribution is 5.78. The van der Waals surface area contributed by atoms with Crippen LogP contribution in [0.1, 0.15) is 24.8 Å². The number of aromatic nitrogens is 2. The summed E-state index contributed by atoms with van der Waals surface area (Å²) in [5.41, 5.74) is 0.842. The van der Waals surface area contributed by atoms with Gasteiger partial charge in [0, 0.05) is 25.4 Å². The lowest BCUT2D eigenvalue weighted by Gasteiger charge is -2.15. The average molecular weight is 343 g/mol. The van der Waals surface area contributed by atoms with Gasteiger partial charge < -0.3 is 10.4 Å². The minimum absolute atomic E-state index is 0.123. The Kier molecular flexibility index (Phi) is 5.60. The van der Waals surface area contributed by atoms with Crippen molar-refractivity contribution < 1.29 is 14.3 Å². The molecule has 1 unspecified atom stereocenters. The molecule has 0 bridgehead atoms. The largest absolute Gasteiger partial charge is 0.391 e. The minimum Gasteiger partial charge on any atom is -0.391 e. The lowest BCUT2D eigenvalue weighted by Crippen LogP contribution is -2.39. The Labute approximate surface area is 146 Å². The molecule has 1 amide bonds. The van der Waals surface area contributed by atoms with Crippen LogP contribution >= 0.6 is 0 Å². The Morgan fingerprint density at radius 3 is 2.88 bits per heavy atom. The molecule has 1 aromatic heterocycles. The van der Waals surface area contributed by atoms with Crippen LogP contribution in [0.4, 0.5) is 4.39 Å². The summed E-state index contributed by atoms with van der Waals surface area (Å²) in [5.74, 6) is -0.105. The Balaban J connectivity index is 1.45. The molecule has 2 aromatic rings. The molecule has 0 aliphatic heterocycles. The maximum Gasteiger partial charge on any atom is 0.224 e. The van der Waals surface area contributed by atoms with Crippen LogP contribution in [0.15, 0.2) is 48.8 Å².